The number of piperidine rings is 1. The van der Waals surface area contributed by atoms with E-state index in [9.17, 15) is 22.0 Å². The number of pyridine rings is 1. The highest BCUT2D eigenvalue weighted by Gasteiger charge is 2.24. The predicted molar refractivity (Wildman–Crippen MR) is 121 cm³/mol. The molecular formula is C22H25F2N5O3S. The smallest absolute Gasteiger partial charge is 0.232 e. The molecule has 176 valence electrons. The van der Waals surface area contributed by atoms with Crippen LogP contribution in [0.1, 0.15) is 53.8 Å². The summed E-state index contributed by atoms with van der Waals surface area (Å²) in [5.41, 5.74) is 0.367. The van der Waals surface area contributed by atoms with Gasteiger partial charge in [0.1, 0.15) is 11.6 Å². The van der Waals surface area contributed by atoms with E-state index in [1.807, 2.05) is 0 Å². The number of hydrogen-bond donors (Lipinski definition) is 3. The van der Waals surface area contributed by atoms with Crippen LogP contribution in [0, 0.1) is 11.6 Å². The van der Waals surface area contributed by atoms with Crippen molar-refractivity contribution in [3.63, 3.8) is 0 Å². The highest BCUT2D eigenvalue weighted by Crippen LogP contribution is 2.26. The molecule has 1 atom stereocenters. The molecule has 1 aliphatic rings. The van der Waals surface area contributed by atoms with Crippen molar-refractivity contribution in [1.82, 2.24) is 20.3 Å². The predicted octanol–water partition coefficient (Wildman–Crippen LogP) is 3.28. The third-order valence-corrected chi connectivity index (χ3v) is 7.05. The highest BCUT2D eigenvalue weighted by atomic mass is 32.2. The normalized spacial score (nSPS) is 16.8. The van der Waals surface area contributed by atoms with Gasteiger partial charge in [0.15, 0.2) is 17.2 Å². The van der Waals surface area contributed by atoms with Gasteiger partial charge in [-0.1, -0.05) is 6.92 Å². The Morgan fingerprint density at radius 2 is 2.12 bits per heavy atom. The number of benzene rings is 1. The van der Waals surface area contributed by atoms with E-state index in [1.54, 1.807) is 13.0 Å². The van der Waals surface area contributed by atoms with Gasteiger partial charge >= 0.3 is 0 Å². The van der Waals surface area contributed by atoms with Crippen molar-refractivity contribution in [2.45, 2.75) is 38.5 Å². The quantitative estimate of drug-likeness (QED) is 0.429. The lowest BCUT2D eigenvalue weighted by molar-refractivity contribution is 0.0985. The number of carbonyl (C=O) groups is 1. The Morgan fingerprint density at radius 3 is 2.85 bits per heavy atom. The Kier molecular flexibility index (Phi) is 6.71. The van der Waals surface area contributed by atoms with E-state index in [0.29, 0.717) is 23.1 Å². The van der Waals surface area contributed by atoms with Crippen LogP contribution in [0.4, 0.5) is 14.5 Å². The number of aromatic nitrogens is 3. The maximum atomic E-state index is 14.9. The zero-order valence-electron chi connectivity index (χ0n) is 18.1. The molecule has 1 aliphatic heterocycles. The lowest BCUT2D eigenvalue weighted by atomic mass is 9.99. The minimum Gasteiger partial charge on any atom is -0.340 e. The van der Waals surface area contributed by atoms with Crippen molar-refractivity contribution >= 4 is 32.7 Å². The van der Waals surface area contributed by atoms with Crippen molar-refractivity contribution < 1.29 is 22.0 Å². The fraction of sp³-hybridized carbons (Fsp3) is 0.409. The first-order chi connectivity index (χ1) is 15.8. The Morgan fingerprint density at radius 1 is 1.30 bits per heavy atom. The van der Waals surface area contributed by atoms with E-state index < -0.39 is 38.7 Å². The lowest BCUT2D eigenvalue weighted by Gasteiger charge is -2.20. The molecule has 1 fully saturated rings. The van der Waals surface area contributed by atoms with E-state index in [2.05, 4.69) is 25.0 Å². The molecule has 3 heterocycles. The summed E-state index contributed by atoms with van der Waals surface area (Å²) in [6.07, 6.45) is 3.54. The number of carbonyl (C=O) groups excluding carboxylic acids is 1. The van der Waals surface area contributed by atoms with Crippen molar-refractivity contribution in [2.75, 3.05) is 23.6 Å². The van der Waals surface area contributed by atoms with Gasteiger partial charge < -0.3 is 10.3 Å². The Labute approximate surface area is 190 Å². The summed E-state index contributed by atoms with van der Waals surface area (Å²) in [4.78, 5) is 24.8. The first-order valence-corrected chi connectivity index (χ1v) is 12.5. The average Bonchev–Trinajstić information content (AvgIpc) is 3.20. The first-order valence-electron chi connectivity index (χ1n) is 10.8. The zero-order chi connectivity index (χ0) is 23.6. The number of fused-ring (bicyclic) bond motifs is 1. The third kappa shape index (κ3) is 5.19. The van der Waals surface area contributed by atoms with Gasteiger partial charge in [-0.3, -0.25) is 9.52 Å². The van der Waals surface area contributed by atoms with Crippen LogP contribution in [-0.2, 0) is 16.4 Å². The summed E-state index contributed by atoms with van der Waals surface area (Å²) in [6, 6.07) is 3.53. The van der Waals surface area contributed by atoms with Gasteiger partial charge in [0.05, 0.1) is 22.5 Å². The van der Waals surface area contributed by atoms with Crippen LogP contribution in [0.2, 0.25) is 0 Å². The molecule has 2 aromatic heterocycles. The van der Waals surface area contributed by atoms with Gasteiger partial charge in [-0.2, -0.15) is 0 Å². The fourth-order valence-corrected chi connectivity index (χ4v) is 5.12. The summed E-state index contributed by atoms with van der Waals surface area (Å²) in [7, 11) is -3.80. The molecule has 0 saturated carbocycles. The summed E-state index contributed by atoms with van der Waals surface area (Å²) in [5, 5.41) is 3.33. The number of anilines is 1. The molecule has 33 heavy (non-hydrogen) atoms. The molecule has 1 unspecified atom stereocenters. The van der Waals surface area contributed by atoms with Crippen molar-refractivity contribution in [3.8, 4) is 0 Å². The van der Waals surface area contributed by atoms with Crippen LogP contribution in [0.25, 0.3) is 11.2 Å². The van der Waals surface area contributed by atoms with Gasteiger partial charge in [-0.25, -0.2) is 27.2 Å². The molecular weight excluding hydrogens is 452 g/mol. The topological polar surface area (TPSA) is 117 Å². The fourth-order valence-electron chi connectivity index (χ4n) is 3.99. The van der Waals surface area contributed by atoms with Crippen LogP contribution in [-0.4, -0.2) is 48.0 Å². The third-order valence-electron chi connectivity index (χ3n) is 5.57. The minimum atomic E-state index is -3.80. The van der Waals surface area contributed by atoms with Crippen molar-refractivity contribution in [1.29, 1.82) is 0 Å². The number of nitrogens with zero attached hydrogens (tertiary/aromatic N) is 2. The number of hydrogen-bond acceptors (Lipinski definition) is 6. The second-order valence-corrected chi connectivity index (χ2v) is 10.0. The average molecular weight is 478 g/mol. The maximum absolute atomic E-state index is 14.9. The van der Waals surface area contributed by atoms with Crippen LogP contribution in [0.3, 0.4) is 0 Å². The molecule has 11 heteroatoms. The largest absolute Gasteiger partial charge is 0.340 e. The molecule has 3 aromatic rings. The van der Waals surface area contributed by atoms with Crippen LogP contribution >= 0.6 is 0 Å². The Bertz CT molecular complexity index is 1290. The van der Waals surface area contributed by atoms with E-state index >= 15 is 0 Å². The monoisotopic (exact) mass is 477 g/mol. The molecule has 0 bridgehead atoms. The number of H-pyrrole nitrogens is 1. The number of rotatable bonds is 8. The van der Waals surface area contributed by atoms with Crippen LogP contribution < -0.4 is 10.0 Å². The Balaban J connectivity index is 1.56. The molecule has 1 aromatic carbocycles. The van der Waals surface area contributed by atoms with E-state index in [-0.39, 0.29) is 18.1 Å². The van der Waals surface area contributed by atoms with Crippen molar-refractivity contribution in [2.24, 2.45) is 0 Å². The van der Waals surface area contributed by atoms with Gasteiger partial charge in [0, 0.05) is 25.1 Å². The number of imidazole rings is 1. The number of sulfonamides is 1. The molecule has 0 radical (unpaired) electrons. The second-order valence-electron chi connectivity index (χ2n) is 8.18. The summed E-state index contributed by atoms with van der Waals surface area (Å²) < 4.78 is 55.3. The summed E-state index contributed by atoms with van der Waals surface area (Å²) >= 11 is 0. The molecule has 0 spiro atoms. The molecule has 3 N–H and O–H groups in total. The zero-order valence-corrected chi connectivity index (χ0v) is 18.9. The van der Waals surface area contributed by atoms with Crippen LogP contribution in [0.15, 0.2) is 24.4 Å². The number of aromatic amines is 1. The minimum absolute atomic E-state index is 0.220. The van der Waals surface area contributed by atoms with E-state index in [0.717, 1.165) is 43.9 Å². The van der Waals surface area contributed by atoms with Crippen LogP contribution in [0.5, 0.6) is 0 Å². The molecule has 1 saturated heterocycles. The van der Waals surface area contributed by atoms with E-state index in [1.165, 1.54) is 6.20 Å². The standard InChI is InChI=1S/C22H25F2N5O3S/c1-2-8-33(31,32)29-16-6-5-15(23)19(20(16)24)18(30)10-13-9-17-22(26-11-13)28-21(27-17)14-4-3-7-25-12-14/h5-6,9,11,14,25,29H,2-4,7-8,10,12H2,1H3,(H,26,27,28). The number of ketones is 1. The molecule has 0 amide bonds. The number of nitrogens with one attached hydrogen (secondary N) is 3. The SMILES string of the molecule is CCCS(=O)(=O)Nc1ccc(F)c(C(=O)Cc2cnc3nc(C4CCCNC4)[nH]c3c2)c1F. The summed E-state index contributed by atoms with van der Waals surface area (Å²) in [5.74, 6) is -2.26. The lowest BCUT2D eigenvalue weighted by Crippen LogP contribution is -2.28. The second kappa shape index (κ2) is 9.52. The maximum Gasteiger partial charge on any atom is 0.232 e. The van der Waals surface area contributed by atoms with Crippen molar-refractivity contribution in [3.05, 3.63) is 53.0 Å². The molecule has 0 aliphatic carbocycles. The molecule has 4 rings (SSSR count). The number of halogens is 2. The van der Waals surface area contributed by atoms with E-state index in [4.69, 9.17) is 0 Å². The van der Waals surface area contributed by atoms with Gasteiger partial charge in [-0.15, -0.1) is 0 Å². The summed E-state index contributed by atoms with van der Waals surface area (Å²) in [6.45, 7) is 3.46. The van der Waals surface area contributed by atoms with Gasteiger partial charge in [-0.05, 0) is 49.6 Å². The highest BCUT2D eigenvalue weighted by molar-refractivity contribution is 7.92. The molecule has 8 nitrogen and oxygen atoms in total. The number of Topliss-reactive ketones (excluding diaryl/α,β-unsaturated/α-hetero) is 1. The van der Waals surface area contributed by atoms with Gasteiger partial charge in [0.2, 0.25) is 10.0 Å². The Hall–Kier alpha value is -2.92. The first kappa shape index (κ1) is 23.2. The van der Waals surface area contributed by atoms with Gasteiger partial charge in [0.25, 0.3) is 0 Å².